The first-order valence-electron chi connectivity index (χ1n) is 9.96. The molecule has 5 bridgehead atoms. The zero-order valence-electron chi connectivity index (χ0n) is 15.6. The zero-order valence-corrected chi connectivity index (χ0v) is 16.4. The fraction of sp³-hybridized carbons (Fsp3) is 0.591. The molecule has 0 radical (unpaired) electrons. The molecule has 1 aliphatic carbocycles. The Morgan fingerprint density at radius 2 is 2.00 bits per heavy atom. The van der Waals surface area contributed by atoms with Crippen LogP contribution in [0.3, 0.4) is 0 Å². The average Bonchev–Trinajstić information content (AvgIpc) is 2.77. The fourth-order valence-electron chi connectivity index (χ4n) is 6.14. The van der Waals surface area contributed by atoms with Gasteiger partial charge in [-0.2, -0.15) is 0 Å². The molecule has 3 nitrogen and oxygen atoms in total. The van der Waals surface area contributed by atoms with E-state index in [0.717, 1.165) is 23.8 Å². The molecule has 4 aliphatic rings. The lowest BCUT2D eigenvalue weighted by Crippen LogP contribution is -2.49. The molecule has 7 atom stereocenters. The van der Waals surface area contributed by atoms with Crippen LogP contribution in [0.4, 0.5) is 0 Å². The smallest absolute Gasteiger partial charge is 0.302 e. The number of hydrogen-bond acceptors (Lipinski definition) is 4. The maximum Gasteiger partial charge on any atom is 0.302 e. The Kier molecular flexibility index (Phi) is 4.17. The molecule has 1 aromatic rings. The summed E-state index contributed by atoms with van der Waals surface area (Å²) in [5.74, 6) is 2.87. The van der Waals surface area contributed by atoms with Crippen LogP contribution in [0.2, 0.25) is 0 Å². The minimum atomic E-state index is -0.167. The molecule has 26 heavy (non-hydrogen) atoms. The van der Waals surface area contributed by atoms with E-state index in [-0.39, 0.29) is 5.97 Å². The highest BCUT2D eigenvalue weighted by Gasteiger charge is 2.59. The van der Waals surface area contributed by atoms with Gasteiger partial charge >= 0.3 is 5.97 Å². The molecule has 0 amide bonds. The number of ether oxygens (including phenoxy) is 1. The van der Waals surface area contributed by atoms with Gasteiger partial charge in [-0.05, 0) is 60.6 Å². The third-order valence-electron chi connectivity index (χ3n) is 7.02. The van der Waals surface area contributed by atoms with E-state index in [9.17, 15) is 4.79 Å². The standard InChI is InChI=1S/C22H27NO2S/c1-13-8-18-17-10-15-11-23(20(17)9-13)21(18)22(19(15)12-25-14(2)24)26-16-6-4-3-5-7-16/h3-7,13,15,17-18,20-21H,8-12H2,1-2H3/t13-,15-,17-,18-,20+,21-/m1/s1. The van der Waals surface area contributed by atoms with Gasteiger partial charge in [-0.15, -0.1) is 0 Å². The quantitative estimate of drug-likeness (QED) is 0.738. The number of nitrogens with zero attached hydrogens (tertiary/aromatic N) is 1. The number of thioether (sulfide) groups is 1. The summed E-state index contributed by atoms with van der Waals surface area (Å²) in [7, 11) is 0. The molecular formula is C22H27NO2S. The van der Waals surface area contributed by atoms with E-state index in [1.807, 2.05) is 11.8 Å². The molecule has 3 heterocycles. The normalized spacial score (nSPS) is 40.0. The molecule has 2 saturated heterocycles. The Morgan fingerprint density at radius 1 is 1.19 bits per heavy atom. The van der Waals surface area contributed by atoms with Gasteiger partial charge in [-0.1, -0.05) is 36.9 Å². The fourth-order valence-corrected chi connectivity index (χ4v) is 7.48. The zero-order chi connectivity index (χ0) is 17.8. The van der Waals surface area contributed by atoms with Crippen molar-refractivity contribution in [3.05, 3.63) is 40.8 Å². The van der Waals surface area contributed by atoms with Crippen LogP contribution in [0.1, 0.15) is 33.1 Å². The van der Waals surface area contributed by atoms with Crippen molar-refractivity contribution in [3.63, 3.8) is 0 Å². The van der Waals surface area contributed by atoms with Crippen LogP contribution >= 0.6 is 11.8 Å². The number of benzene rings is 1. The number of carbonyl (C=O) groups excluding carboxylic acids is 1. The largest absolute Gasteiger partial charge is 0.461 e. The maximum absolute atomic E-state index is 11.5. The average molecular weight is 370 g/mol. The molecule has 138 valence electrons. The molecule has 4 heteroatoms. The maximum atomic E-state index is 11.5. The number of carbonyl (C=O) groups is 1. The lowest BCUT2D eigenvalue weighted by atomic mass is 9.70. The van der Waals surface area contributed by atoms with Crippen LogP contribution in [0.25, 0.3) is 0 Å². The molecule has 1 aromatic carbocycles. The summed E-state index contributed by atoms with van der Waals surface area (Å²) in [5, 5.41) is 0. The Balaban J connectivity index is 1.55. The number of hydrogen-bond donors (Lipinski definition) is 0. The van der Waals surface area contributed by atoms with Gasteiger partial charge in [0.15, 0.2) is 0 Å². The van der Waals surface area contributed by atoms with Crippen molar-refractivity contribution >= 4 is 17.7 Å². The Labute approximate surface area is 160 Å². The molecule has 5 rings (SSSR count). The van der Waals surface area contributed by atoms with Gasteiger partial charge in [-0.25, -0.2) is 0 Å². The van der Waals surface area contributed by atoms with Gasteiger partial charge in [0, 0.05) is 35.4 Å². The minimum Gasteiger partial charge on any atom is -0.461 e. The topological polar surface area (TPSA) is 29.5 Å². The first-order valence-corrected chi connectivity index (χ1v) is 10.8. The van der Waals surface area contributed by atoms with Gasteiger partial charge in [0.25, 0.3) is 0 Å². The van der Waals surface area contributed by atoms with E-state index < -0.39 is 0 Å². The summed E-state index contributed by atoms with van der Waals surface area (Å²) in [4.78, 5) is 17.1. The monoisotopic (exact) mass is 369 g/mol. The lowest BCUT2D eigenvalue weighted by molar-refractivity contribution is -0.140. The molecular weight excluding hydrogens is 342 g/mol. The van der Waals surface area contributed by atoms with E-state index in [0.29, 0.717) is 18.6 Å². The first kappa shape index (κ1) is 16.9. The van der Waals surface area contributed by atoms with Crippen molar-refractivity contribution in [1.82, 2.24) is 4.90 Å². The van der Waals surface area contributed by atoms with E-state index in [4.69, 9.17) is 4.74 Å². The van der Waals surface area contributed by atoms with Crippen LogP contribution in [-0.4, -0.2) is 36.1 Å². The van der Waals surface area contributed by atoms with Crippen LogP contribution in [0.5, 0.6) is 0 Å². The molecule has 0 N–H and O–H groups in total. The van der Waals surface area contributed by atoms with Gasteiger partial charge in [0.1, 0.15) is 6.61 Å². The van der Waals surface area contributed by atoms with E-state index in [2.05, 4.69) is 42.2 Å². The van der Waals surface area contributed by atoms with Gasteiger partial charge in [0.2, 0.25) is 0 Å². The summed E-state index contributed by atoms with van der Waals surface area (Å²) in [6.45, 7) is 5.61. The highest BCUT2D eigenvalue weighted by molar-refractivity contribution is 8.03. The molecule has 3 fully saturated rings. The number of esters is 1. The van der Waals surface area contributed by atoms with E-state index in [1.54, 1.807) is 0 Å². The van der Waals surface area contributed by atoms with Gasteiger partial charge in [0.05, 0.1) is 0 Å². The van der Waals surface area contributed by atoms with Crippen molar-refractivity contribution in [3.8, 4) is 0 Å². The Hall–Kier alpha value is -1.26. The highest BCUT2D eigenvalue weighted by atomic mass is 32.2. The lowest BCUT2D eigenvalue weighted by Gasteiger charge is -2.45. The SMILES string of the molecule is CC(=O)OCC1=C(Sc2ccccc2)[C@H]2[C@@H]3C[C@@H](C)C[C@H]4[C@@H]3C[C@@H]1CN42. The number of rotatable bonds is 4. The molecule has 0 aromatic heterocycles. The third-order valence-corrected chi connectivity index (χ3v) is 8.25. The van der Waals surface area contributed by atoms with Crippen LogP contribution < -0.4 is 0 Å². The van der Waals surface area contributed by atoms with Crippen LogP contribution in [-0.2, 0) is 9.53 Å². The van der Waals surface area contributed by atoms with E-state index >= 15 is 0 Å². The van der Waals surface area contributed by atoms with Crippen molar-refractivity contribution in [2.45, 2.75) is 50.1 Å². The van der Waals surface area contributed by atoms with Gasteiger partial charge < -0.3 is 4.74 Å². The second-order valence-electron chi connectivity index (χ2n) is 8.63. The van der Waals surface area contributed by atoms with Crippen molar-refractivity contribution < 1.29 is 9.53 Å². The van der Waals surface area contributed by atoms with Gasteiger partial charge in [-0.3, -0.25) is 9.69 Å². The van der Waals surface area contributed by atoms with Crippen molar-refractivity contribution in [2.24, 2.45) is 23.7 Å². The molecule has 0 spiro atoms. The predicted octanol–water partition coefficient (Wildman–Crippen LogP) is 4.34. The Morgan fingerprint density at radius 3 is 2.77 bits per heavy atom. The van der Waals surface area contributed by atoms with Crippen molar-refractivity contribution in [2.75, 3.05) is 13.2 Å². The molecule has 3 aliphatic heterocycles. The third kappa shape index (κ3) is 2.65. The molecule has 1 saturated carbocycles. The minimum absolute atomic E-state index is 0.167. The summed E-state index contributed by atoms with van der Waals surface area (Å²) < 4.78 is 5.51. The highest BCUT2D eigenvalue weighted by Crippen LogP contribution is 2.60. The van der Waals surface area contributed by atoms with Crippen molar-refractivity contribution in [1.29, 1.82) is 0 Å². The summed E-state index contributed by atoms with van der Waals surface area (Å²) >= 11 is 1.93. The summed E-state index contributed by atoms with van der Waals surface area (Å²) in [6.07, 6.45) is 4.02. The summed E-state index contributed by atoms with van der Waals surface area (Å²) in [5.41, 5.74) is 1.41. The van der Waals surface area contributed by atoms with Crippen LogP contribution in [0, 0.1) is 23.7 Å². The predicted molar refractivity (Wildman–Crippen MR) is 104 cm³/mol. The van der Waals surface area contributed by atoms with E-state index in [1.165, 1.54) is 48.1 Å². The summed E-state index contributed by atoms with van der Waals surface area (Å²) in [6, 6.07) is 12.0. The second-order valence-corrected chi connectivity index (χ2v) is 9.75. The van der Waals surface area contributed by atoms with Crippen LogP contribution in [0.15, 0.2) is 45.7 Å². The Bertz CT molecular complexity index is 746. The first-order chi connectivity index (χ1) is 12.6. The number of fused-ring (bicyclic) bond motifs is 2. The number of piperidine rings is 1. The molecule has 1 unspecified atom stereocenters. The second kappa shape index (κ2) is 6.42.